The number of hydrogen-bond acceptors (Lipinski definition) is 5. The molecule has 0 radical (unpaired) electrons. The first kappa shape index (κ1) is 18.7. The largest absolute Gasteiger partial charge is 0.393 e. The number of piperidine rings is 1. The van der Waals surface area contributed by atoms with Crippen LogP contribution in [0.1, 0.15) is 33.1 Å². The Morgan fingerprint density at radius 1 is 1.35 bits per heavy atom. The maximum absolute atomic E-state index is 12.0. The van der Waals surface area contributed by atoms with Crippen molar-refractivity contribution in [2.75, 3.05) is 13.1 Å². The summed E-state index contributed by atoms with van der Waals surface area (Å²) in [7, 11) is 0. The van der Waals surface area contributed by atoms with E-state index in [1.54, 1.807) is 0 Å². The summed E-state index contributed by atoms with van der Waals surface area (Å²) < 4.78 is 0. The van der Waals surface area contributed by atoms with Crippen molar-refractivity contribution < 1.29 is 14.4 Å². The first-order valence-corrected chi connectivity index (χ1v) is 7.68. The van der Waals surface area contributed by atoms with E-state index >= 15 is 0 Å². The Morgan fingerprint density at radius 2 is 1.96 bits per heavy atom. The first-order chi connectivity index (χ1) is 10.9. The van der Waals surface area contributed by atoms with Gasteiger partial charge in [0.1, 0.15) is 5.70 Å². The number of rotatable bonds is 7. The van der Waals surface area contributed by atoms with Crippen LogP contribution < -0.4 is 16.4 Å². The fourth-order valence-electron chi connectivity index (χ4n) is 2.40. The maximum atomic E-state index is 12.0. The molecule has 0 aromatic rings. The predicted molar refractivity (Wildman–Crippen MR) is 86.4 cm³/mol. The van der Waals surface area contributed by atoms with Crippen LogP contribution in [0.3, 0.4) is 0 Å². The average molecular weight is 323 g/mol. The lowest BCUT2D eigenvalue weighted by molar-refractivity contribution is -0.133. The molecule has 3 amide bonds. The molecule has 5 N–H and O–H groups in total. The molecule has 0 aliphatic carbocycles. The van der Waals surface area contributed by atoms with Crippen LogP contribution in [-0.2, 0) is 14.4 Å². The van der Waals surface area contributed by atoms with E-state index in [-0.39, 0.29) is 23.3 Å². The minimum absolute atomic E-state index is 0.0398. The Morgan fingerprint density at radius 3 is 2.43 bits per heavy atom. The molecule has 0 bridgehead atoms. The van der Waals surface area contributed by atoms with Crippen LogP contribution in [0.15, 0.2) is 11.4 Å². The molecule has 1 aliphatic heterocycles. The molecule has 128 valence electrons. The molecule has 1 heterocycles. The van der Waals surface area contributed by atoms with Crippen LogP contribution in [0.25, 0.3) is 0 Å². The van der Waals surface area contributed by atoms with E-state index in [2.05, 4.69) is 10.6 Å². The van der Waals surface area contributed by atoms with Crippen LogP contribution in [0.5, 0.6) is 0 Å². The molecular formula is C15H25N5O3. The second-order valence-corrected chi connectivity index (χ2v) is 5.96. The molecule has 8 nitrogen and oxygen atoms in total. The van der Waals surface area contributed by atoms with Crippen molar-refractivity contribution in [2.45, 2.75) is 39.2 Å². The fraction of sp³-hybridized carbons (Fsp3) is 0.600. The summed E-state index contributed by atoms with van der Waals surface area (Å²) in [5, 5.41) is 12.1. The molecule has 1 saturated heterocycles. The highest BCUT2D eigenvalue weighted by molar-refractivity contribution is 5.99. The Labute approximate surface area is 136 Å². The number of nitrogens with one attached hydrogen (secondary N) is 3. The molecule has 0 aromatic heterocycles. The summed E-state index contributed by atoms with van der Waals surface area (Å²) in [6, 6.07) is -0.0765. The van der Waals surface area contributed by atoms with Gasteiger partial charge in [-0.1, -0.05) is 13.8 Å². The van der Waals surface area contributed by atoms with E-state index in [9.17, 15) is 14.4 Å². The summed E-state index contributed by atoms with van der Waals surface area (Å²) >= 11 is 0. The fourth-order valence-corrected chi connectivity index (χ4v) is 2.40. The molecule has 0 spiro atoms. The zero-order valence-corrected chi connectivity index (χ0v) is 13.6. The van der Waals surface area contributed by atoms with E-state index in [0.29, 0.717) is 44.7 Å². The van der Waals surface area contributed by atoms with Crippen LogP contribution >= 0.6 is 0 Å². The number of allylic oxidation sites excluding steroid dienone is 1. The second kappa shape index (κ2) is 8.92. The van der Waals surface area contributed by atoms with Crippen LogP contribution in [-0.4, -0.2) is 48.5 Å². The van der Waals surface area contributed by atoms with Gasteiger partial charge in [0.25, 0.3) is 5.91 Å². The lowest BCUT2D eigenvalue weighted by Gasteiger charge is -2.33. The summed E-state index contributed by atoms with van der Waals surface area (Å²) in [5.74, 6) is -0.0509. The molecule has 1 fully saturated rings. The third-order valence-electron chi connectivity index (χ3n) is 3.66. The first-order valence-electron chi connectivity index (χ1n) is 7.68. The lowest BCUT2D eigenvalue weighted by Crippen LogP contribution is -2.48. The molecule has 1 rings (SSSR count). The van der Waals surface area contributed by atoms with E-state index in [0.717, 1.165) is 6.21 Å². The number of carbonyl (C=O) groups excluding carboxylic acids is 3. The van der Waals surface area contributed by atoms with Gasteiger partial charge in [0.2, 0.25) is 12.3 Å². The highest BCUT2D eigenvalue weighted by Crippen LogP contribution is 2.14. The average Bonchev–Trinajstić information content (AvgIpc) is 2.51. The van der Waals surface area contributed by atoms with Crippen LogP contribution in [0, 0.1) is 11.3 Å². The quantitative estimate of drug-likeness (QED) is 0.291. The third kappa shape index (κ3) is 5.72. The van der Waals surface area contributed by atoms with Crippen LogP contribution in [0.2, 0.25) is 0 Å². The van der Waals surface area contributed by atoms with Crippen molar-refractivity contribution in [3.8, 4) is 0 Å². The van der Waals surface area contributed by atoms with Crippen molar-refractivity contribution in [3.63, 3.8) is 0 Å². The van der Waals surface area contributed by atoms with Gasteiger partial charge in [-0.05, 0) is 18.8 Å². The topological polar surface area (TPSA) is 128 Å². The Hall–Kier alpha value is -2.38. The van der Waals surface area contributed by atoms with Gasteiger partial charge in [-0.25, -0.2) is 0 Å². The molecule has 0 atom stereocenters. The number of nitrogens with two attached hydrogens (primary N) is 1. The third-order valence-corrected chi connectivity index (χ3v) is 3.66. The van der Waals surface area contributed by atoms with Crippen molar-refractivity contribution in [3.05, 3.63) is 11.4 Å². The maximum Gasteiger partial charge on any atom is 0.269 e. The zero-order valence-electron chi connectivity index (χ0n) is 13.6. The zero-order chi connectivity index (χ0) is 17.4. The summed E-state index contributed by atoms with van der Waals surface area (Å²) in [5.41, 5.74) is 5.39. The monoisotopic (exact) mass is 323 g/mol. The Bertz CT molecular complexity index is 493. The van der Waals surface area contributed by atoms with E-state index < -0.39 is 5.91 Å². The minimum Gasteiger partial charge on any atom is -0.393 e. The predicted octanol–water partition coefficient (Wildman–Crippen LogP) is -0.294. The second-order valence-electron chi connectivity index (χ2n) is 5.96. The molecule has 1 aliphatic rings. The number of carbonyl (C=O) groups is 3. The van der Waals surface area contributed by atoms with Gasteiger partial charge in [0, 0.05) is 31.8 Å². The lowest BCUT2D eigenvalue weighted by atomic mass is 10.0. The van der Waals surface area contributed by atoms with Crippen LogP contribution in [0.4, 0.5) is 0 Å². The highest BCUT2D eigenvalue weighted by atomic mass is 16.2. The standard InChI is InChI=1S/C15H25N5O3/c1-10(2)7-13(22)20-5-3-11(4-6-20)19-15(23)14(17)12(8-16)18-9-21/h8-11,16H,3-7,17H2,1-2H3,(H,18,21)(H,19,23)/b14-12+,16-8?. The molecule has 0 unspecified atom stereocenters. The minimum atomic E-state index is -0.523. The summed E-state index contributed by atoms with van der Waals surface area (Å²) in [6.07, 6.45) is 3.02. The van der Waals surface area contributed by atoms with Crippen molar-refractivity contribution in [1.29, 1.82) is 5.41 Å². The van der Waals surface area contributed by atoms with Gasteiger partial charge in [0.15, 0.2) is 0 Å². The summed E-state index contributed by atoms with van der Waals surface area (Å²) in [6.45, 7) is 5.22. The number of amides is 3. The van der Waals surface area contributed by atoms with Gasteiger partial charge in [-0.3, -0.25) is 14.4 Å². The Kier molecular flexibility index (Phi) is 7.24. The molecule has 8 heteroatoms. The molecular weight excluding hydrogens is 298 g/mol. The number of likely N-dealkylation sites (tertiary alicyclic amines) is 1. The number of nitrogens with zero attached hydrogens (tertiary/aromatic N) is 1. The van der Waals surface area contributed by atoms with Crippen molar-refractivity contribution in [1.82, 2.24) is 15.5 Å². The molecule has 0 aromatic carbocycles. The van der Waals surface area contributed by atoms with E-state index in [1.807, 2.05) is 18.7 Å². The highest BCUT2D eigenvalue weighted by Gasteiger charge is 2.25. The summed E-state index contributed by atoms with van der Waals surface area (Å²) in [4.78, 5) is 36.2. The molecule has 23 heavy (non-hydrogen) atoms. The van der Waals surface area contributed by atoms with Gasteiger partial charge < -0.3 is 26.7 Å². The number of hydrogen-bond donors (Lipinski definition) is 4. The molecule has 0 saturated carbocycles. The normalized spacial score (nSPS) is 16.6. The SMILES string of the molecule is CC(C)CC(=O)N1CCC(NC(=O)/C(N)=C(/C=N)NC=O)CC1. The van der Waals surface area contributed by atoms with E-state index in [4.69, 9.17) is 11.1 Å². The van der Waals surface area contributed by atoms with E-state index in [1.165, 1.54) is 0 Å². The van der Waals surface area contributed by atoms with Gasteiger partial charge in [0.05, 0.1) is 5.70 Å². The van der Waals surface area contributed by atoms with Gasteiger partial charge in [-0.2, -0.15) is 0 Å². The van der Waals surface area contributed by atoms with Gasteiger partial charge >= 0.3 is 0 Å². The van der Waals surface area contributed by atoms with Gasteiger partial charge in [-0.15, -0.1) is 0 Å². The van der Waals surface area contributed by atoms with Crippen molar-refractivity contribution in [2.24, 2.45) is 11.7 Å². The van der Waals surface area contributed by atoms with Crippen molar-refractivity contribution >= 4 is 24.4 Å². The Balaban J connectivity index is 2.52. The smallest absolute Gasteiger partial charge is 0.269 e.